The van der Waals surface area contributed by atoms with Gasteiger partial charge < -0.3 is 15.6 Å². The first-order valence-corrected chi connectivity index (χ1v) is 6.13. The summed E-state index contributed by atoms with van der Waals surface area (Å²) in [5, 5.41) is 9.29. The molecule has 0 radical (unpaired) electrons. The highest BCUT2D eigenvalue weighted by Gasteiger charge is 2.10. The number of hydrogen-bond acceptors (Lipinski definition) is 7. The Balaban J connectivity index is 1.96. The number of rotatable bonds is 4. The molecule has 2 heterocycles. The third-order valence-electron chi connectivity index (χ3n) is 2.70. The van der Waals surface area contributed by atoms with Crippen molar-refractivity contribution in [2.24, 2.45) is 0 Å². The highest BCUT2D eigenvalue weighted by molar-refractivity contribution is 5.35. The zero-order chi connectivity index (χ0) is 14.7. The van der Waals surface area contributed by atoms with Crippen LogP contribution in [0.25, 0.3) is 5.95 Å². The van der Waals surface area contributed by atoms with Gasteiger partial charge in [-0.3, -0.25) is 4.57 Å². The molecule has 0 fully saturated rings. The summed E-state index contributed by atoms with van der Waals surface area (Å²) in [6.07, 6.45) is 4.82. The standard InChI is InChI=1S/C13H12N6O2/c14-11-16-12(19-6-5-15-8-19)18-13(17-11)21-10-4-2-1-3-9(10)7-20/h1-6,8,20H,7H2,(H2,14,16,17,18). The van der Waals surface area contributed by atoms with Gasteiger partial charge in [-0.1, -0.05) is 18.2 Å². The van der Waals surface area contributed by atoms with Crippen molar-refractivity contribution in [3.63, 3.8) is 0 Å². The fraction of sp³-hybridized carbons (Fsp3) is 0.0769. The first-order valence-electron chi connectivity index (χ1n) is 6.13. The number of nitrogens with two attached hydrogens (primary N) is 1. The van der Waals surface area contributed by atoms with Crippen molar-refractivity contribution in [2.45, 2.75) is 6.61 Å². The zero-order valence-corrected chi connectivity index (χ0v) is 10.9. The highest BCUT2D eigenvalue weighted by atomic mass is 16.5. The molecule has 106 valence electrons. The summed E-state index contributed by atoms with van der Waals surface area (Å²) in [6, 6.07) is 7.10. The van der Waals surface area contributed by atoms with E-state index in [0.29, 0.717) is 17.3 Å². The molecule has 0 aliphatic heterocycles. The molecule has 0 amide bonds. The molecular weight excluding hydrogens is 272 g/mol. The lowest BCUT2D eigenvalue weighted by atomic mass is 10.2. The Morgan fingerprint density at radius 1 is 1.19 bits per heavy atom. The second-order valence-corrected chi connectivity index (χ2v) is 4.11. The van der Waals surface area contributed by atoms with Crippen LogP contribution in [0, 0.1) is 0 Å². The first kappa shape index (κ1) is 13.0. The van der Waals surface area contributed by atoms with Crippen molar-refractivity contribution < 1.29 is 9.84 Å². The van der Waals surface area contributed by atoms with Crippen LogP contribution in [0.5, 0.6) is 11.8 Å². The molecule has 1 aromatic carbocycles. The van der Waals surface area contributed by atoms with E-state index in [1.165, 1.54) is 0 Å². The van der Waals surface area contributed by atoms with Gasteiger partial charge in [-0.05, 0) is 6.07 Å². The molecule has 0 bridgehead atoms. The van der Waals surface area contributed by atoms with Crippen molar-refractivity contribution in [3.8, 4) is 17.7 Å². The van der Waals surface area contributed by atoms with Crippen LogP contribution in [0.15, 0.2) is 43.0 Å². The van der Waals surface area contributed by atoms with Crippen LogP contribution in [0.3, 0.4) is 0 Å². The average molecular weight is 284 g/mol. The summed E-state index contributed by atoms with van der Waals surface area (Å²) < 4.78 is 7.17. The van der Waals surface area contributed by atoms with Crippen molar-refractivity contribution in [3.05, 3.63) is 48.5 Å². The van der Waals surface area contributed by atoms with E-state index in [-0.39, 0.29) is 18.6 Å². The van der Waals surface area contributed by atoms with Gasteiger partial charge >= 0.3 is 6.01 Å². The summed E-state index contributed by atoms with van der Waals surface area (Å²) in [5.41, 5.74) is 6.29. The van der Waals surface area contributed by atoms with Gasteiger partial charge in [0.1, 0.15) is 12.1 Å². The molecule has 3 aromatic rings. The van der Waals surface area contributed by atoms with Gasteiger partial charge in [0.05, 0.1) is 6.61 Å². The number of imidazole rings is 1. The number of nitrogens with zero attached hydrogens (tertiary/aromatic N) is 5. The topological polar surface area (TPSA) is 112 Å². The van der Waals surface area contributed by atoms with E-state index in [2.05, 4.69) is 19.9 Å². The number of anilines is 1. The minimum atomic E-state index is -0.148. The minimum absolute atomic E-state index is 0.0326. The molecule has 0 aliphatic carbocycles. The van der Waals surface area contributed by atoms with E-state index in [1.807, 2.05) is 0 Å². The van der Waals surface area contributed by atoms with Crippen LogP contribution >= 0.6 is 0 Å². The van der Waals surface area contributed by atoms with Crippen LogP contribution < -0.4 is 10.5 Å². The summed E-state index contributed by atoms with van der Waals surface area (Å²) in [4.78, 5) is 16.0. The molecule has 0 saturated carbocycles. The molecule has 0 atom stereocenters. The molecule has 0 unspecified atom stereocenters. The van der Waals surface area contributed by atoms with E-state index in [1.54, 1.807) is 47.6 Å². The maximum absolute atomic E-state index is 9.29. The summed E-state index contributed by atoms with van der Waals surface area (Å²) >= 11 is 0. The third-order valence-corrected chi connectivity index (χ3v) is 2.70. The Labute approximate surface area is 119 Å². The summed E-state index contributed by atoms with van der Waals surface area (Å²) in [7, 11) is 0. The molecule has 8 nitrogen and oxygen atoms in total. The van der Waals surface area contributed by atoms with Crippen LogP contribution in [0.4, 0.5) is 5.95 Å². The number of ether oxygens (including phenoxy) is 1. The van der Waals surface area contributed by atoms with Gasteiger partial charge in [-0.25, -0.2) is 4.98 Å². The average Bonchev–Trinajstić information content (AvgIpc) is 3.01. The number of hydrogen-bond donors (Lipinski definition) is 2. The number of benzene rings is 1. The van der Waals surface area contributed by atoms with Crippen LogP contribution in [0.1, 0.15) is 5.56 Å². The lowest BCUT2D eigenvalue weighted by Gasteiger charge is -2.09. The van der Waals surface area contributed by atoms with E-state index in [9.17, 15) is 5.11 Å². The van der Waals surface area contributed by atoms with Gasteiger partial charge in [-0.15, -0.1) is 0 Å². The van der Waals surface area contributed by atoms with Gasteiger partial charge in [0, 0.05) is 18.0 Å². The SMILES string of the molecule is Nc1nc(Oc2ccccc2CO)nc(-n2ccnc2)n1. The van der Waals surface area contributed by atoms with Crippen molar-refractivity contribution >= 4 is 5.95 Å². The maximum Gasteiger partial charge on any atom is 0.328 e. The Morgan fingerprint density at radius 2 is 2.05 bits per heavy atom. The minimum Gasteiger partial charge on any atom is -0.424 e. The van der Waals surface area contributed by atoms with Gasteiger partial charge in [0.25, 0.3) is 0 Å². The quantitative estimate of drug-likeness (QED) is 0.732. The second kappa shape index (κ2) is 5.55. The largest absolute Gasteiger partial charge is 0.424 e. The maximum atomic E-state index is 9.29. The Morgan fingerprint density at radius 3 is 2.81 bits per heavy atom. The zero-order valence-electron chi connectivity index (χ0n) is 10.9. The normalized spacial score (nSPS) is 10.5. The molecule has 0 spiro atoms. The monoisotopic (exact) mass is 284 g/mol. The fourth-order valence-electron chi connectivity index (χ4n) is 1.73. The molecule has 0 saturated heterocycles. The van der Waals surface area contributed by atoms with Gasteiger partial charge in [0.15, 0.2) is 0 Å². The predicted octanol–water partition coefficient (Wildman–Crippen LogP) is 0.924. The third kappa shape index (κ3) is 2.79. The number of nitrogen functional groups attached to an aromatic ring is 1. The lowest BCUT2D eigenvalue weighted by Crippen LogP contribution is -2.07. The van der Waals surface area contributed by atoms with Crippen molar-refractivity contribution in [1.82, 2.24) is 24.5 Å². The molecular formula is C13H12N6O2. The first-order chi connectivity index (χ1) is 10.3. The predicted molar refractivity (Wildman–Crippen MR) is 73.8 cm³/mol. The van der Waals surface area contributed by atoms with E-state index >= 15 is 0 Å². The van der Waals surface area contributed by atoms with Crippen LogP contribution in [-0.4, -0.2) is 29.6 Å². The lowest BCUT2D eigenvalue weighted by molar-refractivity contribution is 0.275. The molecule has 3 N–H and O–H groups in total. The number of aliphatic hydroxyl groups excluding tert-OH is 1. The van der Waals surface area contributed by atoms with Crippen LogP contribution in [0.2, 0.25) is 0 Å². The van der Waals surface area contributed by atoms with Gasteiger partial charge in [-0.2, -0.15) is 15.0 Å². The smallest absolute Gasteiger partial charge is 0.328 e. The molecule has 0 aliphatic rings. The molecule has 2 aromatic heterocycles. The second-order valence-electron chi connectivity index (χ2n) is 4.11. The summed E-state index contributed by atoms with van der Waals surface area (Å²) in [5.74, 6) is 0.795. The number of aliphatic hydroxyl groups is 1. The van der Waals surface area contributed by atoms with Gasteiger partial charge in [0.2, 0.25) is 11.9 Å². The van der Waals surface area contributed by atoms with E-state index in [4.69, 9.17) is 10.5 Å². The highest BCUT2D eigenvalue weighted by Crippen LogP contribution is 2.23. The number of para-hydroxylation sites is 1. The van der Waals surface area contributed by atoms with Crippen LogP contribution in [-0.2, 0) is 6.61 Å². The van der Waals surface area contributed by atoms with E-state index in [0.717, 1.165) is 0 Å². The summed E-state index contributed by atoms with van der Waals surface area (Å²) in [6.45, 7) is -0.148. The Bertz CT molecular complexity index is 744. The Kier molecular flexibility index (Phi) is 3.44. The number of aromatic nitrogens is 5. The molecule has 21 heavy (non-hydrogen) atoms. The van der Waals surface area contributed by atoms with Crippen molar-refractivity contribution in [1.29, 1.82) is 0 Å². The molecule has 8 heteroatoms. The Hall–Kier alpha value is -3.00. The fourth-order valence-corrected chi connectivity index (χ4v) is 1.73. The van der Waals surface area contributed by atoms with Crippen molar-refractivity contribution in [2.75, 3.05) is 5.73 Å². The van der Waals surface area contributed by atoms with E-state index < -0.39 is 0 Å². The molecule has 3 rings (SSSR count).